The first kappa shape index (κ1) is 21.5. The highest BCUT2D eigenvalue weighted by Gasteiger charge is 2.34. The molecule has 1 aliphatic rings. The van der Waals surface area contributed by atoms with Crippen molar-refractivity contribution in [3.8, 4) is 22.6 Å². The molecule has 0 radical (unpaired) electrons. The molecule has 5 rings (SSSR count). The first-order valence-electron chi connectivity index (χ1n) is 11.2. The molecule has 0 amide bonds. The SMILES string of the molecule is Cc1oc(-c2ccc(-c3ccncc3)cc2)nc1CN1CCC(O)(c2ccc(F)cc2)CC1. The molecular weight excluding hydrogens is 417 g/mol. The second-order valence-corrected chi connectivity index (χ2v) is 8.65. The van der Waals surface area contributed by atoms with Crippen molar-refractivity contribution in [3.63, 3.8) is 0 Å². The summed E-state index contributed by atoms with van der Waals surface area (Å²) in [6.07, 6.45) is 4.76. The van der Waals surface area contributed by atoms with Gasteiger partial charge in [0.15, 0.2) is 0 Å². The number of aryl methyl sites for hydroxylation is 1. The molecule has 2 aromatic heterocycles. The second kappa shape index (κ2) is 8.89. The van der Waals surface area contributed by atoms with Gasteiger partial charge in [-0.25, -0.2) is 9.37 Å². The van der Waals surface area contributed by atoms with Crippen LogP contribution in [0, 0.1) is 12.7 Å². The summed E-state index contributed by atoms with van der Waals surface area (Å²) < 4.78 is 19.2. The van der Waals surface area contributed by atoms with Gasteiger partial charge in [0.1, 0.15) is 11.6 Å². The third-order valence-electron chi connectivity index (χ3n) is 6.48. The van der Waals surface area contributed by atoms with Gasteiger partial charge in [-0.3, -0.25) is 9.88 Å². The molecule has 1 fully saturated rings. The normalized spacial score (nSPS) is 16.1. The zero-order valence-corrected chi connectivity index (χ0v) is 18.5. The van der Waals surface area contributed by atoms with E-state index in [0.717, 1.165) is 46.8 Å². The van der Waals surface area contributed by atoms with Gasteiger partial charge >= 0.3 is 0 Å². The monoisotopic (exact) mass is 443 g/mol. The van der Waals surface area contributed by atoms with E-state index in [-0.39, 0.29) is 5.82 Å². The predicted octanol–water partition coefficient (Wildman–Crippen LogP) is 5.33. The van der Waals surface area contributed by atoms with Crippen LogP contribution in [-0.2, 0) is 12.1 Å². The highest BCUT2D eigenvalue weighted by Crippen LogP contribution is 2.34. The van der Waals surface area contributed by atoms with Crippen LogP contribution in [0.3, 0.4) is 0 Å². The van der Waals surface area contributed by atoms with Gasteiger partial charge in [0.2, 0.25) is 5.89 Å². The molecular formula is C27H26FN3O2. The van der Waals surface area contributed by atoms with E-state index in [1.54, 1.807) is 24.5 Å². The first-order valence-corrected chi connectivity index (χ1v) is 11.2. The maximum absolute atomic E-state index is 13.2. The van der Waals surface area contributed by atoms with Gasteiger partial charge < -0.3 is 9.52 Å². The Hall–Kier alpha value is -3.35. The molecule has 0 aliphatic carbocycles. The summed E-state index contributed by atoms with van der Waals surface area (Å²) in [5.74, 6) is 1.13. The van der Waals surface area contributed by atoms with Crippen molar-refractivity contribution in [3.05, 3.63) is 95.9 Å². The van der Waals surface area contributed by atoms with Crippen LogP contribution in [0.4, 0.5) is 4.39 Å². The molecule has 1 saturated heterocycles. The minimum absolute atomic E-state index is 0.288. The van der Waals surface area contributed by atoms with E-state index < -0.39 is 5.60 Å². The van der Waals surface area contributed by atoms with Crippen molar-refractivity contribution >= 4 is 0 Å². The number of piperidine rings is 1. The zero-order chi connectivity index (χ0) is 22.8. The number of halogens is 1. The number of likely N-dealkylation sites (tertiary alicyclic amines) is 1. The second-order valence-electron chi connectivity index (χ2n) is 8.65. The fourth-order valence-electron chi connectivity index (χ4n) is 4.39. The minimum Gasteiger partial charge on any atom is -0.441 e. The molecule has 4 aromatic rings. The maximum atomic E-state index is 13.2. The van der Waals surface area contributed by atoms with Gasteiger partial charge in [-0.1, -0.05) is 24.3 Å². The van der Waals surface area contributed by atoms with E-state index in [1.165, 1.54) is 12.1 Å². The fraction of sp³-hybridized carbons (Fsp3) is 0.259. The molecule has 1 N–H and O–H groups in total. The third-order valence-corrected chi connectivity index (χ3v) is 6.48. The van der Waals surface area contributed by atoms with Crippen LogP contribution in [-0.4, -0.2) is 33.1 Å². The summed E-state index contributed by atoms with van der Waals surface area (Å²) in [4.78, 5) is 11.1. The molecule has 6 heteroatoms. The highest BCUT2D eigenvalue weighted by molar-refractivity contribution is 5.67. The lowest BCUT2D eigenvalue weighted by Gasteiger charge is -2.38. The zero-order valence-electron chi connectivity index (χ0n) is 18.5. The average Bonchev–Trinajstić information content (AvgIpc) is 3.22. The largest absolute Gasteiger partial charge is 0.441 e. The molecule has 0 unspecified atom stereocenters. The molecule has 33 heavy (non-hydrogen) atoms. The number of oxazole rings is 1. The van der Waals surface area contributed by atoms with Crippen molar-refractivity contribution in [2.45, 2.75) is 31.9 Å². The Kier molecular flexibility index (Phi) is 5.79. The number of aromatic nitrogens is 2. The highest BCUT2D eigenvalue weighted by atomic mass is 19.1. The molecule has 2 aromatic carbocycles. The third kappa shape index (κ3) is 4.58. The molecule has 0 atom stereocenters. The van der Waals surface area contributed by atoms with Gasteiger partial charge in [-0.05, 0) is 72.9 Å². The standard InChI is InChI=1S/C27H26FN3O2/c1-19-25(18-31-16-12-27(32,13-17-31)23-6-8-24(28)9-7-23)30-26(33-19)22-4-2-20(3-5-22)21-10-14-29-15-11-21/h2-11,14-15,32H,12-13,16-18H2,1H3. The molecule has 3 heterocycles. The van der Waals surface area contributed by atoms with Crippen LogP contribution < -0.4 is 0 Å². The topological polar surface area (TPSA) is 62.4 Å². The number of hydrogen-bond donors (Lipinski definition) is 1. The Morgan fingerprint density at radius 3 is 2.18 bits per heavy atom. The Morgan fingerprint density at radius 1 is 0.909 bits per heavy atom. The van der Waals surface area contributed by atoms with E-state index in [9.17, 15) is 9.50 Å². The maximum Gasteiger partial charge on any atom is 0.226 e. The van der Waals surface area contributed by atoms with E-state index in [4.69, 9.17) is 9.40 Å². The van der Waals surface area contributed by atoms with Crippen LogP contribution in [0.1, 0.15) is 29.9 Å². The number of pyridine rings is 1. The molecule has 1 aliphatic heterocycles. The first-order chi connectivity index (χ1) is 16.0. The summed E-state index contributed by atoms with van der Waals surface area (Å²) in [5, 5.41) is 11.0. The van der Waals surface area contributed by atoms with E-state index in [0.29, 0.717) is 25.3 Å². The van der Waals surface area contributed by atoms with Crippen molar-refractivity contribution < 1.29 is 13.9 Å². The smallest absolute Gasteiger partial charge is 0.226 e. The minimum atomic E-state index is -0.912. The van der Waals surface area contributed by atoms with Crippen LogP contribution in [0.2, 0.25) is 0 Å². The summed E-state index contributed by atoms with van der Waals surface area (Å²) in [6.45, 7) is 4.08. The van der Waals surface area contributed by atoms with Crippen molar-refractivity contribution in [1.82, 2.24) is 14.9 Å². The van der Waals surface area contributed by atoms with Gasteiger partial charge in [-0.2, -0.15) is 0 Å². The molecule has 0 bridgehead atoms. The summed E-state index contributed by atoms with van der Waals surface area (Å²) in [7, 11) is 0. The summed E-state index contributed by atoms with van der Waals surface area (Å²) in [5.41, 5.74) is 3.95. The molecule has 0 spiro atoms. The van der Waals surface area contributed by atoms with Gasteiger partial charge in [0, 0.05) is 37.6 Å². The fourth-order valence-corrected chi connectivity index (χ4v) is 4.39. The quantitative estimate of drug-likeness (QED) is 0.451. The molecule has 0 saturated carbocycles. The molecule has 168 valence electrons. The lowest BCUT2D eigenvalue weighted by atomic mass is 9.84. The van der Waals surface area contributed by atoms with Crippen LogP contribution in [0.15, 0.2) is 77.5 Å². The van der Waals surface area contributed by atoms with E-state index in [1.807, 2.05) is 31.2 Å². The Labute approximate surface area is 192 Å². The van der Waals surface area contributed by atoms with Gasteiger partial charge in [-0.15, -0.1) is 0 Å². The lowest BCUT2D eigenvalue weighted by molar-refractivity contribution is -0.0280. The number of hydrogen-bond acceptors (Lipinski definition) is 5. The van der Waals surface area contributed by atoms with Crippen LogP contribution in [0.25, 0.3) is 22.6 Å². The predicted molar refractivity (Wildman–Crippen MR) is 125 cm³/mol. The Morgan fingerprint density at radius 2 is 1.52 bits per heavy atom. The van der Waals surface area contributed by atoms with Crippen molar-refractivity contribution in [1.29, 1.82) is 0 Å². The summed E-state index contributed by atoms with van der Waals surface area (Å²) >= 11 is 0. The van der Waals surface area contributed by atoms with Gasteiger partial charge in [0.25, 0.3) is 0 Å². The molecule has 5 nitrogen and oxygen atoms in total. The van der Waals surface area contributed by atoms with Crippen molar-refractivity contribution in [2.75, 3.05) is 13.1 Å². The van der Waals surface area contributed by atoms with Gasteiger partial charge in [0.05, 0.1) is 11.3 Å². The number of benzene rings is 2. The lowest BCUT2D eigenvalue weighted by Crippen LogP contribution is -2.42. The van der Waals surface area contributed by atoms with Crippen LogP contribution >= 0.6 is 0 Å². The number of nitrogens with zero attached hydrogens (tertiary/aromatic N) is 3. The average molecular weight is 444 g/mol. The van der Waals surface area contributed by atoms with Crippen LogP contribution in [0.5, 0.6) is 0 Å². The Balaban J connectivity index is 1.25. The number of rotatable bonds is 5. The van der Waals surface area contributed by atoms with E-state index >= 15 is 0 Å². The number of aliphatic hydroxyl groups is 1. The summed E-state index contributed by atoms with van der Waals surface area (Å²) in [6, 6.07) is 18.3. The van der Waals surface area contributed by atoms with Crippen molar-refractivity contribution in [2.24, 2.45) is 0 Å². The Bertz CT molecular complexity index is 1210. The van der Waals surface area contributed by atoms with E-state index in [2.05, 4.69) is 22.0 Å².